The average molecular weight is 420 g/mol. The normalized spacial score (nSPS) is 22.2. The molecule has 2 aliphatic heterocycles. The number of cyclic esters (lactones) is 1. The number of hydrogen-bond acceptors (Lipinski definition) is 4. The van der Waals surface area contributed by atoms with Gasteiger partial charge in [0.2, 0.25) is 0 Å². The minimum absolute atomic E-state index is 0.291. The zero-order chi connectivity index (χ0) is 21.4. The third kappa shape index (κ3) is 4.29. The lowest BCUT2D eigenvalue weighted by atomic mass is 9.83. The first kappa shape index (κ1) is 20.7. The highest BCUT2D eigenvalue weighted by Gasteiger charge is 2.39. The Hall–Kier alpha value is -2.58. The van der Waals surface area contributed by atoms with Crippen molar-refractivity contribution in [2.75, 3.05) is 31.1 Å². The van der Waals surface area contributed by atoms with Gasteiger partial charge in [-0.2, -0.15) is 13.2 Å². The van der Waals surface area contributed by atoms with E-state index in [0.717, 1.165) is 17.8 Å². The number of alkyl halides is 3. The second kappa shape index (κ2) is 7.92. The number of para-hydroxylation sites is 1. The van der Waals surface area contributed by atoms with Crippen molar-refractivity contribution in [2.24, 2.45) is 0 Å². The molecular weight excluding hydrogens is 397 g/mol. The summed E-state index contributed by atoms with van der Waals surface area (Å²) < 4.78 is 44.5. The van der Waals surface area contributed by atoms with Gasteiger partial charge in [0.1, 0.15) is 6.10 Å². The monoisotopic (exact) mass is 420 g/mol. The largest absolute Gasteiger partial charge is 0.443 e. The van der Waals surface area contributed by atoms with E-state index in [1.54, 1.807) is 11.0 Å². The molecule has 1 N–H and O–H groups in total. The molecule has 8 heteroatoms. The van der Waals surface area contributed by atoms with E-state index in [9.17, 15) is 23.1 Å². The molecule has 5 nitrogen and oxygen atoms in total. The molecule has 2 fully saturated rings. The van der Waals surface area contributed by atoms with Gasteiger partial charge in [0.25, 0.3) is 0 Å². The van der Waals surface area contributed by atoms with Gasteiger partial charge in [0, 0.05) is 25.3 Å². The summed E-state index contributed by atoms with van der Waals surface area (Å²) in [6.45, 7) is 1.98. The average Bonchev–Trinajstić information content (AvgIpc) is 3.10. The number of likely N-dealkylation sites (tertiary alicyclic amines) is 1. The molecule has 1 amide bonds. The molecule has 0 aliphatic carbocycles. The molecule has 0 radical (unpaired) electrons. The van der Waals surface area contributed by atoms with Gasteiger partial charge in [-0.3, -0.25) is 9.80 Å². The molecular formula is C22H23F3N2O3. The van der Waals surface area contributed by atoms with Crippen molar-refractivity contribution >= 4 is 11.8 Å². The highest BCUT2D eigenvalue weighted by Crippen LogP contribution is 2.37. The number of ether oxygens (including phenoxy) is 1. The van der Waals surface area contributed by atoms with E-state index in [1.807, 2.05) is 30.3 Å². The van der Waals surface area contributed by atoms with Crippen LogP contribution in [-0.2, 0) is 16.5 Å². The van der Waals surface area contributed by atoms with Crippen LogP contribution in [0.3, 0.4) is 0 Å². The number of carbonyl (C=O) groups is 1. The maximum absolute atomic E-state index is 13.0. The summed E-state index contributed by atoms with van der Waals surface area (Å²) in [4.78, 5) is 15.8. The number of halogens is 3. The SMILES string of the molecule is O=C1OC(CN2CCC(O)(c3cccc(C(F)(F)F)c3)CC2)CN1c1ccccc1. The van der Waals surface area contributed by atoms with E-state index in [-0.39, 0.29) is 12.2 Å². The highest BCUT2D eigenvalue weighted by atomic mass is 19.4. The Morgan fingerprint density at radius 2 is 1.77 bits per heavy atom. The standard InChI is InChI=1S/C22H23F3N2O3/c23-22(24,25)17-6-4-5-16(13-17)21(29)9-11-26(12-10-21)14-19-15-27(20(28)30-19)18-7-2-1-3-8-18/h1-8,13,19,29H,9-12,14-15H2. The topological polar surface area (TPSA) is 53.0 Å². The molecule has 2 aliphatic rings. The lowest BCUT2D eigenvalue weighted by molar-refractivity contribution is -0.137. The summed E-state index contributed by atoms with van der Waals surface area (Å²) in [5.41, 5.74) is -0.975. The predicted molar refractivity (Wildman–Crippen MR) is 105 cm³/mol. The summed E-state index contributed by atoms with van der Waals surface area (Å²) >= 11 is 0. The van der Waals surface area contributed by atoms with Crippen LogP contribution in [0, 0.1) is 0 Å². The summed E-state index contributed by atoms with van der Waals surface area (Å²) in [5.74, 6) is 0. The van der Waals surface area contributed by atoms with Crippen molar-refractivity contribution < 1.29 is 27.8 Å². The number of piperidine rings is 1. The Morgan fingerprint density at radius 1 is 1.07 bits per heavy atom. The van der Waals surface area contributed by atoms with Crippen LogP contribution in [0.5, 0.6) is 0 Å². The second-order valence-electron chi connectivity index (χ2n) is 7.86. The number of aliphatic hydroxyl groups is 1. The van der Waals surface area contributed by atoms with Gasteiger partial charge in [-0.05, 0) is 42.7 Å². The first-order valence-electron chi connectivity index (χ1n) is 9.90. The fourth-order valence-corrected chi connectivity index (χ4v) is 4.10. The van der Waals surface area contributed by atoms with Crippen LogP contribution in [0.4, 0.5) is 23.7 Å². The zero-order valence-corrected chi connectivity index (χ0v) is 16.3. The predicted octanol–water partition coefficient (Wildman–Crippen LogP) is 4.01. The Labute approximate surface area is 172 Å². The van der Waals surface area contributed by atoms with Crippen LogP contribution in [0.25, 0.3) is 0 Å². The Bertz CT molecular complexity index is 896. The first-order chi connectivity index (χ1) is 14.2. The molecule has 0 spiro atoms. The van der Waals surface area contributed by atoms with Gasteiger partial charge in [-0.25, -0.2) is 4.79 Å². The lowest BCUT2D eigenvalue weighted by Gasteiger charge is -2.39. The minimum Gasteiger partial charge on any atom is -0.443 e. The van der Waals surface area contributed by atoms with Crippen molar-refractivity contribution in [1.29, 1.82) is 0 Å². The minimum atomic E-state index is -4.44. The molecule has 4 rings (SSSR count). The highest BCUT2D eigenvalue weighted by molar-refractivity contribution is 5.89. The molecule has 2 aromatic carbocycles. The van der Waals surface area contributed by atoms with Gasteiger partial charge in [-0.15, -0.1) is 0 Å². The number of benzene rings is 2. The summed E-state index contributed by atoms with van der Waals surface area (Å²) in [6.07, 6.45) is -4.49. The van der Waals surface area contributed by atoms with E-state index >= 15 is 0 Å². The molecule has 0 bridgehead atoms. The van der Waals surface area contributed by atoms with Crippen molar-refractivity contribution in [1.82, 2.24) is 4.90 Å². The Kier molecular flexibility index (Phi) is 5.46. The van der Waals surface area contributed by atoms with Gasteiger partial charge in [0.05, 0.1) is 17.7 Å². The summed E-state index contributed by atoms with van der Waals surface area (Å²) in [7, 11) is 0. The molecule has 1 atom stereocenters. The first-order valence-corrected chi connectivity index (χ1v) is 9.90. The third-order valence-electron chi connectivity index (χ3n) is 5.81. The second-order valence-corrected chi connectivity index (χ2v) is 7.86. The van der Waals surface area contributed by atoms with Gasteiger partial charge in [-0.1, -0.05) is 30.3 Å². The van der Waals surface area contributed by atoms with Crippen LogP contribution >= 0.6 is 0 Å². The van der Waals surface area contributed by atoms with E-state index < -0.39 is 17.3 Å². The Balaban J connectivity index is 1.36. The van der Waals surface area contributed by atoms with Gasteiger partial charge >= 0.3 is 12.3 Å². The molecule has 30 heavy (non-hydrogen) atoms. The quantitative estimate of drug-likeness (QED) is 0.812. The van der Waals surface area contributed by atoms with Crippen LogP contribution in [-0.4, -0.2) is 48.4 Å². The van der Waals surface area contributed by atoms with Crippen LogP contribution < -0.4 is 4.90 Å². The summed E-state index contributed by atoms with van der Waals surface area (Å²) in [6, 6.07) is 14.2. The molecule has 2 saturated heterocycles. The Morgan fingerprint density at radius 3 is 2.43 bits per heavy atom. The van der Waals surface area contributed by atoms with Crippen LogP contribution in [0.2, 0.25) is 0 Å². The van der Waals surface area contributed by atoms with Crippen molar-refractivity contribution in [3.63, 3.8) is 0 Å². The van der Waals surface area contributed by atoms with Crippen LogP contribution in [0.15, 0.2) is 54.6 Å². The molecule has 0 aromatic heterocycles. The number of hydrogen-bond donors (Lipinski definition) is 1. The van der Waals surface area contributed by atoms with Crippen molar-refractivity contribution in [3.05, 3.63) is 65.7 Å². The molecule has 160 valence electrons. The smallest absolute Gasteiger partial charge is 0.416 e. The number of carbonyl (C=O) groups excluding carboxylic acids is 1. The van der Waals surface area contributed by atoms with E-state index in [4.69, 9.17) is 4.74 Å². The summed E-state index contributed by atoms with van der Waals surface area (Å²) in [5, 5.41) is 11.0. The van der Waals surface area contributed by atoms with E-state index in [0.29, 0.717) is 44.6 Å². The van der Waals surface area contributed by atoms with E-state index in [2.05, 4.69) is 4.90 Å². The maximum atomic E-state index is 13.0. The molecule has 0 saturated carbocycles. The van der Waals surface area contributed by atoms with Gasteiger partial charge in [0.15, 0.2) is 0 Å². The number of anilines is 1. The van der Waals surface area contributed by atoms with E-state index in [1.165, 1.54) is 6.07 Å². The lowest BCUT2D eigenvalue weighted by Crippen LogP contribution is -2.45. The van der Waals surface area contributed by atoms with Gasteiger partial charge < -0.3 is 9.84 Å². The number of rotatable bonds is 4. The zero-order valence-electron chi connectivity index (χ0n) is 16.3. The van der Waals surface area contributed by atoms with Crippen molar-refractivity contribution in [3.8, 4) is 0 Å². The molecule has 2 aromatic rings. The van der Waals surface area contributed by atoms with Crippen molar-refractivity contribution in [2.45, 2.75) is 30.7 Å². The third-order valence-corrected chi connectivity index (χ3v) is 5.81. The maximum Gasteiger partial charge on any atom is 0.416 e. The fraction of sp³-hybridized carbons (Fsp3) is 0.409. The molecule has 1 unspecified atom stereocenters. The fourth-order valence-electron chi connectivity index (χ4n) is 4.10. The number of nitrogens with zero attached hydrogens (tertiary/aromatic N) is 2. The number of amides is 1. The molecule has 2 heterocycles. The van der Waals surface area contributed by atoms with Crippen LogP contribution in [0.1, 0.15) is 24.0 Å².